The van der Waals surface area contributed by atoms with E-state index in [4.69, 9.17) is 0 Å². The number of sulfonamides is 1. The Bertz CT molecular complexity index is 589. The van der Waals surface area contributed by atoms with Crippen LogP contribution in [0.3, 0.4) is 0 Å². The minimum Gasteiger partial charge on any atom is -0.356 e. The minimum absolute atomic E-state index is 0.0918. The van der Waals surface area contributed by atoms with E-state index in [-0.39, 0.29) is 17.7 Å². The van der Waals surface area contributed by atoms with Gasteiger partial charge in [0, 0.05) is 19.1 Å². The molecule has 2 saturated heterocycles. The third kappa shape index (κ3) is 4.09. The van der Waals surface area contributed by atoms with Crippen molar-refractivity contribution < 1.29 is 13.2 Å². The largest absolute Gasteiger partial charge is 0.356 e. The molecule has 1 amide bonds. The van der Waals surface area contributed by atoms with Gasteiger partial charge >= 0.3 is 0 Å². The van der Waals surface area contributed by atoms with E-state index in [0.717, 1.165) is 38.6 Å². The summed E-state index contributed by atoms with van der Waals surface area (Å²) in [6, 6.07) is -0.151. The number of amides is 1. The number of carbonyl (C=O) groups is 1. The number of hydrogen-bond donors (Lipinski definition) is 1. The average Bonchev–Trinajstić information content (AvgIpc) is 2.65. The van der Waals surface area contributed by atoms with Crippen LogP contribution in [0, 0.1) is 5.41 Å². The molecule has 0 bridgehead atoms. The van der Waals surface area contributed by atoms with Crippen molar-refractivity contribution in [1.29, 1.82) is 0 Å². The molecule has 1 aliphatic carbocycles. The van der Waals surface area contributed by atoms with Gasteiger partial charge in [0.2, 0.25) is 15.9 Å². The Morgan fingerprint density at radius 2 is 1.88 bits per heavy atom. The number of rotatable bonds is 6. The first kappa shape index (κ1) is 20.1. The van der Waals surface area contributed by atoms with Gasteiger partial charge < -0.3 is 10.2 Å². The Labute approximate surface area is 158 Å². The molecule has 7 heteroatoms. The van der Waals surface area contributed by atoms with E-state index >= 15 is 0 Å². The molecule has 2 aliphatic heterocycles. The molecule has 6 nitrogen and oxygen atoms in total. The van der Waals surface area contributed by atoms with Gasteiger partial charge in [0.05, 0.1) is 11.2 Å². The lowest BCUT2D eigenvalue weighted by Crippen LogP contribution is -2.62. The van der Waals surface area contributed by atoms with Crippen LogP contribution in [0.2, 0.25) is 0 Å². The van der Waals surface area contributed by atoms with Crippen molar-refractivity contribution in [3.05, 3.63) is 0 Å². The van der Waals surface area contributed by atoms with Crippen LogP contribution in [-0.2, 0) is 14.8 Å². The summed E-state index contributed by atoms with van der Waals surface area (Å²) in [6.07, 6.45) is 9.05. The highest BCUT2D eigenvalue weighted by Crippen LogP contribution is 2.46. The number of fused-ring (bicyclic) bond motifs is 1. The summed E-state index contributed by atoms with van der Waals surface area (Å²) in [4.78, 5) is 15.6. The van der Waals surface area contributed by atoms with Crippen molar-refractivity contribution in [1.82, 2.24) is 14.5 Å². The molecule has 0 unspecified atom stereocenters. The molecule has 1 N–H and O–H groups in total. The summed E-state index contributed by atoms with van der Waals surface area (Å²) in [5.41, 5.74) is -0.509. The maximum absolute atomic E-state index is 13.1. The number of piperidine rings is 1. The molecule has 3 fully saturated rings. The van der Waals surface area contributed by atoms with Crippen molar-refractivity contribution in [2.75, 3.05) is 38.5 Å². The monoisotopic (exact) mass is 385 g/mol. The molecule has 2 atom stereocenters. The summed E-state index contributed by atoms with van der Waals surface area (Å²) in [7, 11) is -3.21. The molecule has 0 spiro atoms. The lowest BCUT2D eigenvalue weighted by molar-refractivity contribution is -0.137. The standard InChI is InChI=1S/C19H35N3O3S/c1-2-22-17-9-4-5-10-19(17,11-16-26(22,24)25)18(23)20-12-8-15-21-13-6-3-7-14-21/h17H,2-16H2,1H3,(H,20,23)/t17-,19-/m1/s1. The SMILES string of the molecule is CCN1[C@@H]2CCCC[C@@]2(C(=O)NCCCN2CCCCC2)CCS1(=O)=O. The van der Waals surface area contributed by atoms with Gasteiger partial charge in [0.15, 0.2) is 0 Å². The zero-order chi connectivity index (χ0) is 18.6. The molecule has 3 aliphatic rings. The third-order valence-corrected chi connectivity index (χ3v) is 8.60. The number of carbonyl (C=O) groups excluding carboxylic acids is 1. The Morgan fingerprint density at radius 3 is 2.62 bits per heavy atom. The van der Waals surface area contributed by atoms with E-state index < -0.39 is 15.4 Å². The second-order valence-corrected chi connectivity index (χ2v) is 10.2. The summed E-state index contributed by atoms with van der Waals surface area (Å²) in [5, 5.41) is 3.17. The predicted octanol–water partition coefficient (Wildman–Crippen LogP) is 1.96. The highest BCUT2D eigenvalue weighted by molar-refractivity contribution is 7.89. The van der Waals surface area contributed by atoms with Gasteiger partial charge in [-0.2, -0.15) is 4.31 Å². The smallest absolute Gasteiger partial charge is 0.227 e. The van der Waals surface area contributed by atoms with Crippen molar-refractivity contribution in [3.8, 4) is 0 Å². The summed E-state index contributed by atoms with van der Waals surface area (Å²) < 4.78 is 26.5. The van der Waals surface area contributed by atoms with E-state index in [1.54, 1.807) is 4.31 Å². The quantitative estimate of drug-likeness (QED) is 0.710. The Balaban J connectivity index is 1.58. The van der Waals surface area contributed by atoms with E-state index in [2.05, 4.69) is 10.2 Å². The number of hydrogen-bond acceptors (Lipinski definition) is 4. The van der Waals surface area contributed by atoms with Gasteiger partial charge in [-0.05, 0) is 58.2 Å². The van der Waals surface area contributed by atoms with E-state index in [0.29, 0.717) is 19.5 Å². The molecule has 26 heavy (non-hydrogen) atoms. The number of likely N-dealkylation sites (tertiary alicyclic amines) is 1. The Kier molecular flexibility index (Phi) is 6.62. The summed E-state index contributed by atoms with van der Waals surface area (Å²) in [5.74, 6) is 0.202. The van der Waals surface area contributed by atoms with Crippen LogP contribution in [0.1, 0.15) is 64.7 Å². The fourth-order valence-corrected chi connectivity index (χ4v) is 7.16. The van der Waals surface area contributed by atoms with Gasteiger partial charge in [-0.25, -0.2) is 8.42 Å². The fourth-order valence-electron chi connectivity index (χ4n) is 5.21. The van der Waals surface area contributed by atoms with Crippen molar-refractivity contribution in [3.63, 3.8) is 0 Å². The first-order chi connectivity index (χ1) is 12.5. The normalized spacial score (nSPS) is 32.7. The van der Waals surface area contributed by atoms with Crippen molar-refractivity contribution >= 4 is 15.9 Å². The van der Waals surface area contributed by atoms with Crippen LogP contribution >= 0.6 is 0 Å². The van der Waals surface area contributed by atoms with Crippen molar-refractivity contribution in [2.24, 2.45) is 5.41 Å². The molecule has 0 radical (unpaired) electrons. The first-order valence-corrected chi connectivity index (χ1v) is 12.1. The van der Waals surface area contributed by atoms with Gasteiger partial charge in [0.25, 0.3) is 0 Å². The lowest BCUT2D eigenvalue weighted by Gasteiger charge is -2.50. The maximum atomic E-state index is 13.1. The molecule has 3 rings (SSSR count). The molecule has 0 aromatic carbocycles. The first-order valence-electron chi connectivity index (χ1n) is 10.5. The zero-order valence-electron chi connectivity index (χ0n) is 16.2. The lowest BCUT2D eigenvalue weighted by atomic mass is 9.67. The zero-order valence-corrected chi connectivity index (χ0v) is 17.0. The molecule has 1 saturated carbocycles. The fraction of sp³-hybridized carbons (Fsp3) is 0.947. The molecule has 2 heterocycles. The maximum Gasteiger partial charge on any atom is 0.227 e. The number of nitrogens with one attached hydrogen (secondary N) is 1. The van der Waals surface area contributed by atoms with Crippen LogP contribution in [-0.4, -0.2) is 68.0 Å². The Hall–Kier alpha value is -0.660. The van der Waals surface area contributed by atoms with Gasteiger partial charge in [-0.3, -0.25) is 4.79 Å². The van der Waals surface area contributed by atoms with Crippen LogP contribution in [0.15, 0.2) is 0 Å². The molecular weight excluding hydrogens is 350 g/mol. The topological polar surface area (TPSA) is 69.7 Å². The molecule has 0 aromatic heterocycles. The predicted molar refractivity (Wildman–Crippen MR) is 103 cm³/mol. The highest BCUT2D eigenvalue weighted by Gasteiger charge is 2.54. The van der Waals surface area contributed by atoms with Gasteiger partial charge in [-0.1, -0.05) is 26.2 Å². The summed E-state index contributed by atoms with van der Waals surface area (Å²) >= 11 is 0. The third-order valence-electron chi connectivity index (χ3n) is 6.65. The van der Waals surface area contributed by atoms with E-state index in [1.165, 1.54) is 32.4 Å². The molecule has 150 valence electrons. The van der Waals surface area contributed by atoms with Crippen LogP contribution in [0.25, 0.3) is 0 Å². The highest BCUT2D eigenvalue weighted by atomic mass is 32.2. The Morgan fingerprint density at radius 1 is 1.12 bits per heavy atom. The van der Waals surface area contributed by atoms with Crippen molar-refractivity contribution in [2.45, 2.75) is 70.8 Å². The van der Waals surface area contributed by atoms with Gasteiger partial charge in [0.1, 0.15) is 0 Å². The number of nitrogens with zero attached hydrogens (tertiary/aromatic N) is 2. The van der Waals surface area contributed by atoms with E-state index in [1.807, 2.05) is 6.92 Å². The minimum atomic E-state index is -3.21. The average molecular weight is 386 g/mol. The summed E-state index contributed by atoms with van der Waals surface area (Å²) in [6.45, 7) is 6.47. The molecule has 0 aromatic rings. The van der Waals surface area contributed by atoms with E-state index in [9.17, 15) is 13.2 Å². The van der Waals surface area contributed by atoms with Crippen LogP contribution < -0.4 is 5.32 Å². The molecular formula is C19H35N3O3S. The second kappa shape index (κ2) is 8.57. The van der Waals surface area contributed by atoms with Crippen LogP contribution in [0.4, 0.5) is 0 Å². The van der Waals surface area contributed by atoms with Gasteiger partial charge in [-0.15, -0.1) is 0 Å². The second-order valence-electron chi connectivity index (χ2n) is 8.20. The van der Waals surface area contributed by atoms with Crippen LogP contribution in [0.5, 0.6) is 0 Å².